The van der Waals surface area contributed by atoms with Crippen molar-refractivity contribution in [3.63, 3.8) is 0 Å². The third-order valence-electron chi connectivity index (χ3n) is 3.08. The highest BCUT2D eigenvalue weighted by atomic mass is 32.1. The van der Waals surface area contributed by atoms with E-state index in [-0.39, 0.29) is 5.91 Å². The average Bonchev–Trinajstić information content (AvgIpc) is 2.42. The highest BCUT2D eigenvalue weighted by molar-refractivity contribution is 7.80. The van der Waals surface area contributed by atoms with E-state index < -0.39 is 0 Å². The normalized spacial score (nSPS) is 9.95. The third kappa shape index (κ3) is 4.56. The maximum Gasteiger partial charge on any atom is 0.221 e. The number of aryl methyl sites for hydroxylation is 2. The number of benzene rings is 2. The topological polar surface area (TPSA) is 53.2 Å². The number of carbonyl (C=O) groups excluding carboxylic acids is 1. The molecule has 22 heavy (non-hydrogen) atoms. The molecule has 0 aliphatic rings. The van der Waals surface area contributed by atoms with Gasteiger partial charge in [-0.15, -0.1) is 0 Å². The average molecular weight is 313 g/mol. The Hall–Kier alpha value is -2.40. The molecule has 0 unspecified atom stereocenters. The van der Waals surface area contributed by atoms with Crippen molar-refractivity contribution >= 4 is 40.3 Å². The predicted molar refractivity (Wildman–Crippen MR) is 96.5 cm³/mol. The van der Waals surface area contributed by atoms with Crippen LogP contribution in [0.2, 0.25) is 0 Å². The molecule has 0 saturated carbocycles. The van der Waals surface area contributed by atoms with Crippen LogP contribution in [0.1, 0.15) is 18.1 Å². The van der Waals surface area contributed by atoms with Crippen molar-refractivity contribution < 1.29 is 4.79 Å². The lowest BCUT2D eigenvalue weighted by Gasteiger charge is -2.14. The minimum atomic E-state index is -0.103. The first-order chi connectivity index (χ1) is 10.4. The van der Waals surface area contributed by atoms with Gasteiger partial charge >= 0.3 is 0 Å². The van der Waals surface area contributed by atoms with Gasteiger partial charge in [-0.1, -0.05) is 18.2 Å². The molecule has 0 bridgehead atoms. The highest BCUT2D eigenvalue weighted by Crippen LogP contribution is 2.18. The van der Waals surface area contributed by atoms with Crippen LogP contribution in [0.25, 0.3) is 0 Å². The van der Waals surface area contributed by atoms with Crippen LogP contribution in [-0.4, -0.2) is 11.0 Å². The molecule has 0 fully saturated rings. The first-order valence-corrected chi connectivity index (χ1v) is 7.38. The Bertz CT molecular complexity index is 713. The minimum absolute atomic E-state index is 0.103. The van der Waals surface area contributed by atoms with E-state index in [2.05, 4.69) is 34.1 Å². The second kappa shape index (κ2) is 7.04. The van der Waals surface area contributed by atoms with Gasteiger partial charge in [0, 0.05) is 24.0 Å². The van der Waals surface area contributed by atoms with Gasteiger partial charge in [0.2, 0.25) is 5.91 Å². The van der Waals surface area contributed by atoms with E-state index in [1.807, 2.05) is 38.1 Å². The number of hydrogen-bond acceptors (Lipinski definition) is 2. The summed E-state index contributed by atoms with van der Waals surface area (Å²) >= 11 is 5.34. The fourth-order valence-corrected chi connectivity index (χ4v) is 2.26. The number of rotatable bonds is 3. The summed E-state index contributed by atoms with van der Waals surface area (Å²) in [7, 11) is 0. The zero-order valence-corrected chi connectivity index (χ0v) is 13.7. The summed E-state index contributed by atoms with van der Waals surface area (Å²) in [6.45, 7) is 5.55. The van der Waals surface area contributed by atoms with Crippen LogP contribution in [0, 0.1) is 13.8 Å². The first-order valence-electron chi connectivity index (χ1n) is 6.97. The SMILES string of the molecule is CC(=O)Nc1cccc(NC(=S)Nc2cc(C)ccc2C)c1. The monoisotopic (exact) mass is 313 g/mol. The van der Waals surface area contributed by atoms with Crippen molar-refractivity contribution in [1.29, 1.82) is 0 Å². The summed E-state index contributed by atoms with van der Waals surface area (Å²) in [5.74, 6) is -0.103. The van der Waals surface area contributed by atoms with Crippen molar-refractivity contribution in [3.05, 3.63) is 53.6 Å². The number of thiocarbonyl (C=S) groups is 1. The minimum Gasteiger partial charge on any atom is -0.332 e. The van der Waals surface area contributed by atoms with Gasteiger partial charge in [0.1, 0.15) is 0 Å². The summed E-state index contributed by atoms with van der Waals surface area (Å²) in [6.07, 6.45) is 0. The molecule has 0 heterocycles. The number of amides is 1. The van der Waals surface area contributed by atoms with Crippen molar-refractivity contribution in [1.82, 2.24) is 0 Å². The molecule has 2 rings (SSSR count). The Balaban J connectivity index is 2.05. The van der Waals surface area contributed by atoms with E-state index in [0.717, 1.165) is 22.6 Å². The Kier molecular flexibility index (Phi) is 5.12. The molecule has 0 aliphatic heterocycles. The van der Waals surface area contributed by atoms with Gasteiger partial charge in [0.25, 0.3) is 0 Å². The fourth-order valence-electron chi connectivity index (χ4n) is 2.03. The van der Waals surface area contributed by atoms with Gasteiger partial charge in [-0.25, -0.2) is 0 Å². The molecule has 114 valence electrons. The van der Waals surface area contributed by atoms with Crippen LogP contribution in [0.4, 0.5) is 17.1 Å². The standard InChI is InChI=1S/C17H19N3OS/c1-11-7-8-12(2)16(9-11)20-17(22)19-15-6-4-5-14(10-15)18-13(3)21/h4-10H,1-3H3,(H,18,21)(H2,19,20,22). The van der Waals surface area contributed by atoms with Crippen molar-refractivity contribution in [3.8, 4) is 0 Å². The first kappa shape index (κ1) is 16.0. The quantitative estimate of drug-likeness (QED) is 0.748. The maximum absolute atomic E-state index is 11.1. The third-order valence-corrected chi connectivity index (χ3v) is 3.29. The fraction of sp³-hybridized carbons (Fsp3) is 0.176. The predicted octanol–water partition coefficient (Wildman–Crippen LogP) is 4.07. The van der Waals surface area contributed by atoms with E-state index in [1.165, 1.54) is 12.5 Å². The van der Waals surface area contributed by atoms with Gasteiger partial charge in [-0.05, 0) is 61.5 Å². The second-order valence-corrected chi connectivity index (χ2v) is 5.57. The van der Waals surface area contributed by atoms with Crippen LogP contribution in [0.3, 0.4) is 0 Å². The molecule has 0 radical (unpaired) electrons. The van der Waals surface area contributed by atoms with Crippen molar-refractivity contribution in [2.45, 2.75) is 20.8 Å². The van der Waals surface area contributed by atoms with Crippen molar-refractivity contribution in [2.24, 2.45) is 0 Å². The number of nitrogens with one attached hydrogen (secondary N) is 3. The Morgan fingerprint density at radius 1 is 0.955 bits per heavy atom. The number of hydrogen-bond donors (Lipinski definition) is 3. The summed E-state index contributed by atoms with van der Waals surface area (Å²) in [5.41, 5.74) is 4.82. The molecular formula is C17H19N3OS. The summed E-state index contributed by atoms with van der Waals surface area (Å²) in [6, 6.07) is 13.6. The molecule has 0 aliphatic carbocycles. The van der Waals surface area contributed by atoms with Gasteiger partial charge in [0.15, 0.2) is 5.11 Å². The van der Waals surface area contributed by atoms with Crippen LogP contribution in [0.15, 0.2) is 42.5 Å². The Morgan fingerprint density at radius 3 is 2.32 bits per heavy atom. The molecule has 0 aromatic heterocycles. The molecule has 3 N–H and O–H groups in total. The Labute approximate surface area is 135 Å². The van der Waals surface area contributed by atoms with Crippen molar-refractivity contribution in [2.75, 3.05) is 16.0 Å². The summed E-state index contributed by atoms with van der Waals surface area (Å²) in [5, 5.41) is 9.56. The molecule has 0 spiro atoms. The molecule has 1 amide bonds. The second-order valence-electron chi connectivity index (χ2n) is 5.16. The lowest BCUT2D eigenvalue weighted by atomic mass is 10.1. The van der Waals surface area contributed by atoms with Crippen LogP contribution in [0.5, 0.6) is 0 Å². The number of anilines is 3. The molecule has 2 aromatic rings. The summed E-state index contributed by atoms with van der Waals surface area (Å²) in [4.78, 5) is 11.1. The van der Waals surface area contributed by atoms with Crippen LogP contribution in [-0.2, 0) is 4.79 Å². The van der Waals surface area contributed by atoms with E-state index in [0.29, 0.717) is 5.11 Å². The van der Waals surface area contributed by atoms with Gasteiger partial charge in [0.05, 0.1) is 0 Å². The lowest BCUT2D eigenvalue weighted by Crippen LogP contribution is -2.19. The van der Waals surface area contributed by atoms with Gasteiger partial charge in [-0.3, -0.25) is 4.79 Å². The molecule has 4 nitrogen and oxygen atoms in total. The molecule has 0 atom stereocenters. The smallest absolute Gasteiger partial charge is 0.221 e. The van der Waals surface area contributed by atoms with E-state index >= 15 is 0 Å². The largest absolute Gasteiger partial charge is 0.332 e. The van der Waals surface area contributed by atoms with Crippen LogP contribution < -0.4 is 16.0 Å². The lowest BCUT2D eigenvalue weighted by molar-refractivity contribution is -0.114. The molecule has 0 saturated heterocycles. The molecule has 2 aromatic carbocycles. The van der Waals surface area contributed by atoms with Gasteiger partial charge < -0.3 is 16.0 Å². The van der Waals surface area contributed by atoms with Gasteiger partial charge in [-0.2, -0.15) is 0 Å². The van der Waals surface area contributed by atoms with E-state index in [9.17, 15) is 4.79 Å². The Morgan fingerprint density at radius 2 is 1.64 bits per heavy atom. The maximum atomic E-state index is 11.1. The zero-order valence-electron chi connectivity index (χ0n) is 12.9. The highest BCUT2D eigenvalue weighted by Gasteiger charge is 2.03. The van der Waals surface area contributed by atoms with E-state index in [4.69, 9.17) is 12.2 Å². The molecular weight excluding hydrogens is 294 g/mol. The summed E-state index contributed by atoms with van der Waals surface area (Å²) < 4.78 is 0. The zero-order chi connectivity index (χ0) is 16.1. The number of carbonyl (C=O) groups is 1. The van der Waals surface area contributed by atoms with E-state index in [1.54, 1.807) is 0 Å². The van der Waals surface area contributed by atoms with Crippen LogP contribution >= 0.6 is 12.2 Å². The molecule has 5 heteroatoms.